The number of carbonyl (C=O) groups excluding carboxylic acids is 1. The van der Waals surface area contributed by atoms with Gasteiger partial charge in [-0.25, -0.2) is 9.50 Å². The number of nitrogens with two attached hydrogens (primary N) is 1. The first-order valence-corrected chi connectivity index (χ1v) is 10.5. The lowest BCUT2D eigenvalue weighted by molar-refractivity contribution is 0.0925. The smallest absolute Gasteiger partial charge is 0.261 e. The van der Waals surface area contributed by atoms with Crippen molar-refractivity contribution in [2.24, 2.45) is 5.73 Å². The lowest BCUT2D eigenvalue weighted by Crippen LogP contribution is -2.49. The molecule has 4 aromatic heterocycles. The van der Waals surface area contributed by atoms with E-state index in [0.29, 0.717) is 4.88 Å². The van der Waals surface area contributed by atoms with Crippen LogP contribution in [0, 0.1) is 0 Å². The molecule has 9 heteroatoms. The summed E-state index contributed by atoms with van der Waals surface area (Å²) in [5, 5.41) is 16.3. The predicted molar refractivity (Wildman–Crippen MR) is 112 cm³/mol. The second kappa shape index (κ2) is 7.41. The van der Waals surface area contributed by atoms with E-state index in [4.69, 9.17) is 5.73 Å². The number of thiophene rings is 1. The van der Waals surface area contributed by atoms with Gasteiger partial charge in [-0.1, -0.05) is 12.8 Å². The zero-order valence-electron chi connectivity index (χ0n) is 15.7. The van der Waals surface area contributed by atoms with E-state index in [1.807, 2.05) is 23.8 Å². The fourth-order valence-electron chi connectivity index (χ4n) is 3.81. The summed E-state index contributed by atoms with van der Waals surface area (Å²) in [5.41, 5.74) is 10.6. The molecule has 4 aromatic rings. The molecule has 2 atom stereocenters. The summed E-state index contributed by atoms with van der Waals surface area (Å²) in [4.78, 5) is 17.9. The number of nitrogens with one attached hydrogen (secondary N) is 2. The van der Waals surface area contributed by atoms with E-state index >= 15 is 0 Å². The lowest BCUT2D eigenvalue weighted by atomic mass is 9.91. The Labute approximate surface area is 171 Å². The highest BCUT2D eigenvalue weighted by Crippen LogP contribution is 2.29. The van der Waals surface area contributed by atoms with Crippen LogP contribution in [0.25, 0.3) is 27.9 Å². The van der Waals surface area contributed by atoms with Crippen LogP contribution in [0.4, 0.5) is 0 Å². The van der Waals surface area contributed by atoms with Gasteiger partial charge in [0, 0.05) is 47.4 Å². The number of rotatable bonds is 4. The molecule has 0 aliphatic heterocycles. The van der Waals surface area contributed by atoms with Gasteiger partial charge in [-0.05, 0) is 29.9 Å². The molecule has 5 rings (SSSR count). The topological polar surface area (TPSA) is 114 Å². The van der Waals surface area contributed by atoms with Crippen LogP contribution in [0.3, 0.4) is 0 Å². The summed E-state index contributed by atoms with van der Waals surface area (Å²) >= 11 is 1.43. The minimum Gasteiger partial charge on any atom is -0.347 e. The number of amides is 1. The molecular formula is C20H21N7OS. The molecule has 1 aliphatic carbocycles. The molecule has 0 aromatic carbocycles. The summed E-state index contributed by atoms with van der Waals surface area (Å²) in [6.45, 7) is 0. The van der Waals surface area contributed by atoms with Gasteiger partial charge < -0.3 is 11.1 Å². The number of nitrogens with zero attached hydrogens (tertiary/aromatic N) is 4. The summed E-state index contributed by atoms with van der Waals surface area (Å²) in [7, 11) is 0. The van der Waals surface area contributed by atoms with E-state index in [2.05, 4.69) is 25.6 Å². The number of hydrogen-bond donors (Lipinski definition) is 3. The highest BCUT2D eigenvalue weighted by molar-refractivity contribution is 7.12. The molecular weight excluding hydrogens is 386 g/mol. The highest BCUT2D eigenvalue weighted by Gasteiger charge is 2.24. The Morgan fingerprint density at radius 2 is 2.10 bits per heavy atom. The molecule has 1 saturated carbocycles. The third-order valence-electron chi connectivity index (χ3n) is 5.46. The normalized spacial score (nSPS) is 19.5. The first-order chi connectivity index (χ1) is 14.2. The molecule has 4 heterocycles. The van der Waals surface area contributed by atoms with Crippen molar-refractivity contribution < 1.29 is 4.79 Å². The van der Waals surface area contributed by atoms with Crippen LogP contribution in [0.1, 0.15) is 35.4 Å². The van der Waals surface area contributed by atoms with E-state index in [9.17, 15) is 4.79 Å². The molecule has 0 bridgehead atoms. The summed E-state index contributed by atoms with van der Waals surface area (Å²) in [6.07, 6.45) is 13.2. The molecule has 0 saturated heterocycles. The molecule has 1 amide bonds. The minimum absolute atomic E-state index is 0.0420. The van der Waals surface area contributed by atoms with Gasteiger partial charge in [0.1, 0.15) is 0 Å². The minimum atomic E-state index is -0.0599. The molecule has 29 heavy (non-hydrogen) atoms. The average molecular weight is 408 g/mol. The van der Waals surface area contributed by atoms with Gasteiger partial charge in [0.15, 0.2) is 5.65 Å². The Balaban J connectivity index is 1.38. The maximum Gasteiger partial charge on any atom is 0.261 e. The quantitative estimate of drug-likeness (QED) is 0.481. The van der Waals surface area contributed by atoms with E-state index in [1.165, 1.54) is 11.3 Å². The highest BCUT2D eigenvalue weighted by atomic mass is 32.1. The maximum atomic E-state index is 12.7. The van der Waals surface area contributed by atoms with Crippen LogP contribution < -0.4 is 11.1 Å². The van der Waals surface area contributed by atoms with Crippen LogP contribution in [-0.4, -0.2) is 42.8 Å². The van der Waals surface area contributed by atoms with Crippen LogP contribution in [0.15, 0.2) is 42.4 Å². The number of aromatic amines is 1. The number of hydrogen-bond acceptors (Lipinski definition) is 6. The van der Waals surface area contributed by atoms with Gasteiger partial charge in [-0.15, -0.1) is 11.3 Å². The van der Waals surface area contributed by atoms with Crippen LogP contribution in [-0.2, 0) is 0 Å². The fourth-order valence-corrected chi connectivity index (χ4v) is 4.62. The average Bonchev–Trinajstić information content (AvgIpc) is 3.49. The van der Waals surface area contributed by atoms with Gasteiger partial charge in [0.2, 0.25) is 0 Å². The zero-order chi connectivity index (χ0) is 19.8. The van der Waals surface area contributed by atoms with Crippen molar-refractivity contribution >= 4 is 22.9 Å². The van der Waals surface area contributed by atoms with Crippen LogP contribution in [0.2, 0.25) is 0 Å². The Kier molecular flexibility index (Phi) is 4.61. The fraction of sp³-hybridized carbons (Fsp3) is 0.300. The first-order valence-electron chi connectivity index (χ1n) is 9.67. The molecule has 0 spiro atoms. The van der Waals surface area contributed by atoms with E-state index in [-0.39, 0.29) is 18.0 Å². The molecule has 8 nitrogen and oxygen atoms in total. The van der Waals surface area contributed by atoms with E-state index < -0.39 is 0 Å². The maximum absolute atomic E-state index is 12.7. The number of H-pyrrole nitrogens is 1. The van der Waals surface area contributed by atoms with Gasteiger partial charge >= 0.3 is 0 Å². The van der Waals surface area contributed by atoms with Gasteiger partial charge in [0.05, 0.1) is 17.3 Å². The van der Waals surface area contributed by atoms with Crippen molar-refractivity contribution in [3.05, 3.63) is 47.3 Å². The van der Waals surface area contributed by atoms with Crippen molar-refractivity contribution in [3.63, 3.8) is 0 Å². The van der Waals surface area contributed by atoms with Crippen molar-refractivity contribution in [1.82, 2.24) is 30.1 Å². The third-order valence-corrected chi connectivity index (χ3v) is 6.39. The van der Waals surface area contributed by atoms with Gasteiger partial charge in [-0.2, -0.15) is 10.2 Å². The Morgan fingerprint density at radius 3 is 2.93 bits per heavy atom. The second-order valence-corrected chi connectivity index (χ2v) is 8.30. The standard InChI is InChI=1S/C20H21N7OS/c21-16-3-1-2-4-17(16)26-20(28)18-5-12(11-29-18)15-9-25-27-10-14(6-22-19(15)27)13-7-23-24-8-13/h5-11,16-17H,1-4,21H2,(H,23,24)(H,26,28)/t16-,17-/m1/s1. The predicted octanol–water partition coefficient (Wildman–Crippen LogP) is 2.85. The first kappa shape index (κ1) is 18.0. The van der Waals surface area contributed by atoms with Crippen molar-refractivity contribution in [2.45, 2.75) is 37.8 Å². The largest absolute Gasteiger partial charge is 0.347 e. The number of carbonyl (C=O) groups is 1. The summed E-state index contributed by atoms with van der Waals surface area (Å²) in [6, 6.07) is 2.00. The molecule has 0 radical (unpaired) electrons. The molecule has 4 N–H and O–H groups in total. The van der Waals surface area contributed by atoms with E-state index in [0.717, 1.165) is 53.6 Å². The molecule has 0 unspecified atom stereocenters. The second-order valence-electron chi connectivity index (χ2n) is 7.38. The van der Waals surface area contributed by atoms with E-state index in [1.54, 1.807) is 23.1 Å². The van der Waals surface area contributed by atoms with Gasteiger partial charge in [0.25, 0.3) is 5.91 Å². The monoisotopic (exact) mass is 407 g/mol. The lowest BCUT2D eigenvalue weighted by Gasteiger charge is -2.29. The molecule has 1 fully saturated rings. The third kappa shape index (κ3) is 3.43. The number of fused-ring (bicyclic) bond motifs is 1. The van der Waals surface area contributed by atoms with Crippen molar-refractivity contribution in [3.8, 4) is 22.3 Å². The Bertz CT molecular complexity index is 1150. The summed E-state index contributed by atoms with van der Waals surface area (Å²) in [5.74, 6) is -0.0599. The molecule has 1 aliphatic rings. The molecule has 148 valence electrons. The Morgan fingerprint density at radius 1 is 1.21 bits per heavy atom. The van der Waals surface area contributed by atoms with Crippen LogP contribution >= 0.6 is 11.3 Å². The van der Waals surface area contributed by atoms with Gasteiger partial charge in [-0.3, -0.25) is 9.89 Å². The number of aromatic nitrogens is 5. The summed E-state index contributed by atoms with van der Waals surface area (Å²) < 4.78 is 1.75. The van der Waals surface area contributed by atoms with Crippen LogP contribution in [0.5, 0.6) is 0 Å². The van der Waals surface area contributed by atoms with Crippen molar-refractivity contribution in [2.75, 3.05) is 0 Å². The van der Waals surface area contributed by atoms with Crippen molar-refractivity contribution in [1.29, 1.82) is 0 Å². The Hall–Kier alpha value is -3.04. The zero-order valence-corrected chi connectivity index (χ0v) is 16.5. The SMILES string of the molecule is N[C@@H]1CCCC[C@H]1NC(=O)c1cc(-c2cnn3cc(-c4cn[nH]c4)cnc23)cs1.